The molecule has 0 aliphatic heterocycles. The summed E-state index contributed by atoms with van der Waals surface area (Å²) in [5.74, 6) is -1.02. The number of benzene rings is 1. The molecule has 1 heterocycles. The summed E-state index contributed by atoms with van der Waals surface area (Å²) in [7, 11) is 0. The van der Waals surface area contributed by atoms with E-state index in [1.165, 1.54) is 0 Å². The van der Waals surface area contributed by atoms with Gasteiger partial charge in [-0.3, -0.25) is 5.10 Å². The van der Waals surface area contributed by atoms with Crippen molar-refractivity contribution in [1.29, 1.82) is 0 Å². The first-order chi connectivity index (χ1) is 11.3. The van der Waals surface area contributed by atoms with Gasteiger partial charge >= 0.3 is 12.2 Å². The van der Waals surface area contributed by atoms with Gasteiger partial charge in [-0.15, -0.1) is 0 Å². The number of nitrogens with zero attached hydrogens (tertiary/aromatic N) is 1. The molecule has 0 fully saturated rings. The topological polar surface area (TPSA) is 69.8 Å². The summed E-state index contributed by atoms with van der Waals surface area (Å²) in [6, 6.07) is 1.15. The average molecular weight is 342 g/mol. The first-order valence-electron chi connectivity index (χ1n) is 7.28. The molecule has 1 unspecified atom stereocenters. The van der Waals surface area contributed by atoms with Crippen LogP contribution < -0.4 is 10.6 Å². The Hall–Kier alpha value is -2.58. The standard InChI is InChI=1S/C15H14F4N4O/c16-9-1-3-13(11(6-9)15(17,18)19)22-14(24)21-10-2-4-12-8(5-10)7-20-23-12/h1,3,6-7,10H,2,4-5H2,(H,20,23)(H2,21,22,24). The molecule has 0 bridgehead atoms. The number of aromatic amines is 1. The zero-order valence-electron chi connectivity index (χ0n) is 12.4. The van der Waals surface area contributed by atoms with Crippen LogP contribution in [0.25, 0.3) is 0 Å². The Labute approximate surface area is 134 Å². The van der Waals surface area contributed by atoms with Gasteiger partial charge in [0.2, 0.25) is 0 Å². The number of fused-ring (bicyclic) bond motifs is 1. The lowest BCUT2D eigenvalue weighted by molar-refractivity contribution is -0.137. The predicted octanol–water partition coefficient (Wildman–Crippen LogP) is 3.25. The van der Waals surface area contributed by atoms with Crippen LogP contribution in [0.5, 0.6) is 0 Å². The van der Waals surface area contributed by atoms with Crippen LogP contribution in [0.3, 0.4) is 0 Å². The molecule has 5 nitrogen and oxygen atoms in total. The van der Waals surface area contributed by atoms with Gasteiger partial charge in [-0.2, -0.15) is 18.3 Å². The highest BCUT2D eigenvalue weighted by atomic mass is 19.4. The molecule has 9 heteroatoms. The largest absolute Gasteiger partial charge is 0.418 e. The van der Waals surface area contributed by atoms with Gasteiger partial charge in [-0.25, -0.2) is 9.18 Å². The lowest BCUT2D eigenvalue weighted by atomic mass is 9.94. The van der Waals surface area contributed by atoms with Crippen molar-refractivity contribution in [3.8, 4) is 0 Å². The van der Waals surface area contributed by atoms with E-state index >= 15 is 0 Å². The van der Waals surface area contributed by atoms with E-state index in [-0.39, 0.29) is 6.04 Å². The highest BCUT2D eigenvalue weighted by Gasteiger charge is 2.34. The third kappa shape index (κ3) is 3.50. The summed E-state index contributed by atoms with van der Waals surface area (Å²) in [5, 5.41) is 11.6. The molecule has 0 spiro atoms. The quantitative estimate of drug-likeness (QED) is 0.733. The number of carbonyl (C=O) groups excluding carboxylic acids is 1. The minimum atomic E-state index is -4.76. The van der Waals surface area contributed by atoms with Crippen molar-refractivity contribution in [3.05, 3.63) is 47.0 Å². The van der Waals surface area contributed by atoms with E-state index in [1.54, 1.807) is 6.20 Å². The van der Waals surface area contributed by atoms with Crippen LogP contribution in [0.1, 0.15) is 23.2 Å². The zero-order valence-corrected chi connectivity index (χ0v) is 12.4. The second-order valence-electron chi connectivity index (χ2n) is 5.60. The van der Waals surface area contributed by atoms with Gasteiger partial charge in [0.1, 0.15) is 5.82 Å². The number of halogens is 4. The Kier molecular flexibility index (Phi) is 4.16. The number of carbonyl (C=O) groups is 1. The molecule has 1 aromatic carbocycles. The normalized spacial score (nSPS) is 17.2. The molecule has 128 valence electrons. The molecule has 1 atom stereocenters. The number of aromatic nitrogens is 2. The number of alkyl halides is 3. The van der Waals surface area contributed by atoms with Gasteiger partial charge in [0.15, 0.2) is 0 Å². The molecule has 2 amide bonds. The first kappa shape index (κ1) is 16.3. The van der Waals surface area contributed by atoms with Crippen molar-refractivity contribution in [2.24, 2.45) is 0 Å². The molecule has 0 saturated carbocycles. The molecule has 1 aliphatic rings. The van der Waals surface area contributed by atoms with Crippen LogP contribution >= 0.6 is 0 Å². The maximum Gasteiger partial charge on any atom is 0.418 e. The van der Waals surface area contributed by atoms with E-state index in [4.69, 9.17) is 0 Å². The molecular weight excluding hydrogens is 328 g/mol. The third-order valence-corrected chi connectivity index (χ3v) is 3.89. The van der Waals surface area contributed by atoms with Crippen LogP contribution in [0.2, 0.25) is 0 Å². The lowest BCUT2D eigenvalue weighted by Gasteiger charge is -2.23. The van der Waals surface area contributed by atoms with E-state index in [2.05, 4.69) is 20.8 Å². The Morgan fingerprint density at radius 1 is 1.33 bits per heavy atom. The van der Waals surface area contributed by atoms with Crippen LogP contribution in [0.15, 0.2) is 24.4 Å². The Bertz CT molecular complexity index is 756. The van der Waals surface area contributed by atoms with Gasteiger partial charge in [0.25, 0.3) is 0 Å². The minimum Gasteiger partial charge on any atom is -0.335 e. The fraction of sp³-hybridized carbons (Fsp3) is 0.333. The number of hydrogen-bond donors (Lipinski definition) is 3. The van der Waals surface area contributed by atoms with Gasteiger partial charge in [-0.05, 0) is 43.0 Å². The second-order valence-corrected chi connectivity index (χ2v) is 5.60. The average Bonchev–Trinajstić information content (AvgIpc) is 2.95. The third-order valence-electron chi connectivity index (χ3n) is 3.89. The molecule has 3 N–H and O–H groups in total. The van der Waals surface area contributed by atoms with Crippen molar-refractivity contribution in [2.45, 2.75) is 31.5 Å². The second kappa shape index (κ2) is 6.14. The highest BCUT2D eigenvalue weighted by Crippen LogP contribution is 2.35. The smallest absolute Gasteiger partial charge is 0.335 e. The van der Waals surface area contributed by atoms with Crippen molar-refractivity contribution >= 4 is 11.7 Å². The Balaban J connectivity index is 1.68. The monoisotopic (exact) mass is 342 g/mol. The fourth-order valence-electron chi connectivity index (χ4n) is 2.74. The highest BCUT2D eigenvalue weighted by molar-refractivity contribution is 5.90. The van der Waals surface area contributed by atoms with E-state index < -0.39 is 29.3 Å². The Morgan fingerprint density at radius 3 is 2.88 bits per heavy atom. The minimum absolute atomic E-state index is 0.204. The number of rotatable bonds is 2. The molecule has 1 aliphatic carbocycles. The molecule has 2 aromatic rings. The fourth-order valence-corrected chi connectivity index (χ4v) is 2.74. The summed E-state index contributed by atoms with van der Waals surface area (Å²) in [4.78, 5) is 12.0. The molecule has 1 aromatic heterocycles. The number of amides is 2. The van der Waals surface area contributed by atoms with Crippen LogP contribution in [0, 0.1) is 5.82 Å². The number of urea groups is 1. The Morgan fingerprint density at radius 2 is 2.12 bits per heavy atom. The number of anilines is 1. The van der Waals surface area contributed by atoms with Crippen molar-refractivity contribution in [3.63, 3.8) is 0 Å². The zero-order chi connectivity index (χ0) is 17.3. The van der Waals surface area contributed by atoms with Crippen LogP contribution in [-0.4, -0.2) is 22.3 Å². The number of aryl methyl sites for hydroxylation is 1. The summed E-state index contributed by atoms with van der Waals surface area (Å²) in [5.41, 5.74) is 0.273. The van der Waals surface area contributed by atoms with Crippen molar-refractivity contribution < 1.29 is 22.4 Å². The number of hydrogen-bond acceptors (Lipinski definition) is 2. The van der Waals surface area contributed by atoms with E-state index in [0.717, 1.165) is 23.4 Å². The molecule has 3 rings (SSSR count). The van der Waals surface area contributed by atoms with Gasteiger partial charge < -0.3 is 10.6 Å². The van der Waals surface area contributed by atoms with Gasteiger partial charge in [0, 0.05) is 11.7 Å². The van der Waals surface area contributed by atoms with Crippen molar-refractivity contribution in [1.82, 2.24) is 15.5 Å². The summed E-state index contributed by atoms with van der Waals surface area (Å²) < 4.78 is 51.8. The van der Waals surface area contributed by atoms with Crippen LogP contribution in [0.4, 0.5) is 28.0 Å². The van der Waals surface area contributed by atoms with E-state index in [9.17, 15) is 22.4 Å². The van der Waals surface area contributed by atoms with Gasteiger partial charge in [-0.1, -0.05) is 0 Å². The molecule has 0 radical (unpaired) electrons. The maximum absolute atomic E-state index is 13.1. The first-order valence-corrected chi connectivity index (χ1v) is 7.28. The molecular formula is C15H14F4N4O. The molecule has 24 heavy (non-hydrogen) atoms. The summed E-state index contributed by atoms with van der Waals surface area (Å²) >= 11 is 0. The van der Waals surface area contributed by atoms with Gasteiger partial charge in [0.05, 0.1) is 17.4 Å². The van der Waals surface area contributed by atoms with E-state index in [1.807, 2.05) is 0 Å². The summed E-state index contributed by atoms with van der Waals surface area (Å²) in [6.07, 6.45) is -1.19. The van der Waals surface area contributed by atoms with E-state index in [0.29, 0.717) is 25.3 Å². The SMILES string of the molecule is O=C(Nc1ccc(F)cc1C(F)(F)F)NC1CCc2[nH]ncc2C1. The van der Waals surface area contributed by atoms with Crippen molar-refractivity contribution in [2.75, 3.05) is 5.32 Å². The summed E-state index contributed by atoms with van der Waals surface area (Å²) in [6.45, 7) is 0. The maximum atomic E-state index is 13.1. The predicted molar refractivity (Wildman–Crippen MR) is 78.0 cm³/mol. The number of H-pyrrole nitrogens is 1. The molecule has 0 saturated heterocycles. The van der Waals surface area contributed by atoms with Crippen LogP contribution in [-0.2, 0) is 19.0 Å². The number of nitrogens with one attached hydrogen (secondary N) is 3. The lowest BCUT2D eigenvalue weighted by Crippen LogP contribution is -2.41.